The van der Waals surface area contributed by atoms with Gasteiger partial charge in [0.05, 0.1) is 37.3 Å². The maximum Gasteiger partial charge on any atom is 0.258 e. The normalized spacial score (nSPS) is 15.0. The summed E-state index contributed by atoms with van der Waals surface area (Å²) >= 11 is 0. The first-order valence-corrected chi connectivity index (χ1v) is 11.5. The van der Waals surface area contributed by atoms with Crippen LogP contribution in [0.5, 0.6) is 11.5 Å². The van der Waals surface area contributed by atoms with Crippen molar-refractivity contribution in [2.75, 3.05) is 19.1 Å². The van der Waals surface area contributed by atoms with Crippen LogP contribution in [0.1, 0.15) is 33.9 Å². The van der Waals surface area contributed by atoms with Crippen LogP contribution in [-0.2, 0) is 0 Å². The molecule has 4 aromatic carbocycles. The van der Waals surface area contributed by atoms with E-state index in [2.05, 4.69) is 12.1 Å². The van der Waals surface area contributed by atoms with Crippen LogP contribution >= 0.6 is 0 Å². The minimum atomic E-state index is -0.240. The molecule has 0 fully saturated rings. The van der Waals surface area contributed by atoms with Crippen LogP contribution in [0.4, 0.5) is 11.4 Å². The van der Waals surface area contributed by atoms with E-state index >= 15 is 0 Å². The average Bonchev–Trinajstić information content (AvgIpc) is 3.10. The highest BCUT2D eigenvalue weighted by molar-refractivity contribution is 6.11. The molecule has 1 aliphatic rings. The Bertz CT molecular complexity index is 1350. The van der Waals surface area contributed by atoms with Crippen LogP contribution in [0.2, 0.25) is 0 Å². The summed E-state index contributed by atoms with van der Waals surface area (Å²) in [5.74, 6) is 1.42. The number of fused-ring (bicyclic) bond motifs is 1. The molecule has 4 aromatic rings. The number of para-hydroxylation sites is 2. The Kier molecular flexibility index (Phi) is 6.31. The number of amides is 1. The number of hydrogen-bond acceptors (Lipinski definition) is 4. The molecule has 1 amide bonds. The van der Waals surface area contributed by atoms with Crippen LogP contribution in [0.15, 0.2) is 108 Å². The van der Waals surface area contributed by atoms with Crippen LogP contribution in [0.3, 0.4) is 0 Å². The fourth-order valence-corrected chi connectivity index (χ4v) is 4.43. The van der Waals surface area contributed by atoms with Crippen molar-refractivity contribution < 1.29 is 14.3 Å². The number of aliphatic imine (C=N–C) groups is 1. The maximum atomic E-state index is 14.0. The number of carbonyl (C=O) groups excluding carboxylic acids is 1. The van der Waals surface area contributed by atoms with Gasteiger partial charge in [0.25, 0.3) is 5.91 Å². The molecule has 0 aromatic heterocycles. The van der Waals surface area contributed by atoms with Crippen molar-refractivity contribution in [2.24, 2.45) is 4.99 Å². The average molecular weight is 463 g/mol. The minimum Gasteiger partial charge on any atom is -0.497 e. The Morgan fingerprint density at radius 3 is 2.03 bits per heavy atom. The van der Waals surface area contributed by atoms with Crippen molar-refractivity contribution in [3.8, 4) is 11.5 Å². The number of hydrogen-bond donors (Lipinski definition) is 0. The van der Waals surface area contributed by atoms with Gasteiger partial charge in [-0.25, -0.2) is 0 Å². The van der Waals surface area contributed by atoms with Crippen LogP contribution in [-0.4, -0.2) is 25.8 Å². The summed E-state index contributed by atoms with van der Waals surface area (Å²) in [6, 6.07) is 32.9. The van der Waals surface area contributed by atoms with E-state index in [1.54, 1.807) is 14.2 Å². The smallest absolute Gasteiger partial charge is 0.258 e. The molecule has 5 rings (SSSR count). The molecule has 0 spiro atoms. The van der Waals surface area contributed by atoms with Gasteiger partial charge in [-0.05, 0) is 71.8 Å². The molecule has 174 valence electrons. The Balaban J connectivity index is 1.65. The fraction of sp³-hybridized carbons (Fsp3) is 0.133. The van der Waals surface area contributed by atoms with Crippen molar-refractivity contribution in [1.82, 2.24) is 0 Å². The number of methoxy groups -OCH3 is 2. The molecule has 1 atom stereocenters. The number of carbonyl (C=O) groups is 1. The maximum absolute atomic E-state index is 14.0. The van der Waals surface area contributed by atoms with E-state index in [9.17, 15) is 4.79 Å². The zero-order valence-electron chi connectivity index (χ0n) is 19.7. The molecule has 0 saturated heterocycles. The highest BCUT2D eigenvalue weighted by atomic mass is 16.5. The molecule has 35 heavy (non-hydrogen) atoms. The lowest BCUT2D eigenvalue weighted by molar-refractivity contribution is 0.0977. The number of ether oxygens (including phenoxy) is 2. The predicted octanol–water partition coefficient (Wildman–Crippen LogP) is 6.62. The van der Waals surface area contributed by atoms with Crippen molar-refractivity contribution in [3.05, 3.63) is 120 Å². The van der Waals surface area contributed by atoms with Crippen LogP contribution in [0, 0.1) is 0 Å². The fourth-order valence-electron chi connectivity index (χ4n) is 4.43. The zero-order valence-corrected chi connectivity index (χ0v) is 19.7. The molecule has 0 saturated carbocycles. The predicted molar refractivity (Wildman–Crippen MR) is 139 cm³/mol. The summed E-state index contributed by atoms with van der Waals surface area (Å²) < 4.78 is 10.6. The van der Waals surface area contributed by atoms with Crippen molar-refractivity contribution in [2.45, 2.75) is 12.5 Å². The van der Waals surface area contributed by atoms with Gasteiger partial charge in [-0.1, -0.05) is 42.5 Å². The van der Waals surface area contributed by atoms with E-state index < -0.39 is 0 Å². The number of benzene rings is 4. The van der Waals surface area contributed by atoms with Gasteiger partial charge >= 0.3 is 0 Å². The molecule has 1 heterocycles. The van der Waals surface area contributed by atoms with E-state index in [1.165, 1.54) is 0 Å². The lowest BCUT2D eigenvalue weighted by atomic mass is 9.95. The van der Waals surface area contributed by atoms with E-state index in [0.29, 0.717) is 17.7 Å². The lowest BCUT2D eigenvalue weighted by Crippen LogP contribution is -2.35. The first-order chi connectivity index (χ1) is 17.2. The second kappa shape index (κ2) is 9.85. The third-order valence-corrected chi connectivity index (χ3v) is 6.26. The highest BCUT2D eigenvalue weighted by Crippen LogP contribution is 2.41. The zero-order chi connectivity index (χ0) is 24.2. The van der Waals surface area contributed by atoms with E-state index in [0.717, 1.165) is 34.0 Å². The van der Waals surface area contributed by atoms with E-state index in [1.807, 2.05) is 95.9 Å². The van der Waals surface area contributed by atoms with Gasteiger partial charge < -0.3 is 9.47 Å². The second-order valence-corrected chi connectivity index (χ2v) is 8.31. The van der Waals surface area contributed by atoms with Crippen molar-refractivity contribution in [3.63, 3.8) is 0 Å². The number of rotatable bonds is 5. The summed E-state index contributed by atoms with van der Waals surface area (Å²) in [7, 11) is 3.27. The van der Waals surface area contributed by atoms with E-state index in [-0.39, 0.29) is 11.9 Å². The molecule has 0 aliphatic carbocycles. The summed E-state index contributed by atoms with van der Waals surface area (Å²) in [6.07, 6.45) is 0.562. The van der Waals surface area contributed by atoms with Gasteiger partial charge in [0.1, 0.15) is 11.5 Å². The van der Waals surface area contributed by atoms with Gasteiger partial charge in [0.2, 0.25) is 0 Å². The largest absolute Gasteiger partial charge is 0.497 e. The van der Waals surface area contributed by atoms with Gasteiger partial charge in [-0.2, -0.15) is 0 Å². The quantitative estimate of drug-likeness (QED) is 0.335. The third kappa shape index (κ3) is 4.53. The molecular weight excluding hydrogens is 436 g/mol. The van der Waals surface area contributed by atoms with Gasteiger partial charge in [0.15, 0.2) is 0 Å². The summed E-state index contributed by atoms with van der Waals surface area (Å²) in [4.78, 5) is 21.0. The number of nitrogens with zero attached hydrogens (tertiary/aromatic N) is 2. The van der Waals surface area contributed by atoms with Gasteiger partial charge in [-0.3, -0.25) is 14.7 Å². The number of anilines is 1. The lowest BCUT2D eigenvalue weighted by Gasteiger charge is -2.32. The standard InChI is InChI=1S/C30H26N2O3/c1-34-24-16-12-21(13-17-24)27-20-29(22-8-4-3-5-9-22)32(28-11-7-6-10-26(28)31-27)30(33)23-14-18-25(35-2)19-15-23/h3-19,29H,20H2,1-2H3/t29-/m0/s1. The Hall–Kier alpha value is -4.38. The molecule has 0 unspecified atom stereocenters. The molecule has 1 aliphatic heterocycles. The van der Waals surface area contributed by atoms with Crippen molar-refractivity contribution in [1.29, 1.82) is 0 Å². The van der Waals surface area contributed by atoms with Crippen LogP contribution < -0.4 is 14.4 Å². The second-order valence-electron chi connectivity index (χ2n) is 8.31. The van der Waals surface area contributed by atoms with Gasteiger partial charge in [-0.15, -0.1) is 0 Å². The minimum absolute atomic E-state index is 0.0832. The molecule has 5 heteroatoms. The first-order valence-electron chi connectivity index (χ1n) is 11.5. The monoisotopic (exact) mass is 462 g/mol. The first kappa shape index (κ1) is 22.4. The molecule has 0 bridgehead atoms. The molecular formula is C30H26N2O3. The third-order valence-electron chi connectivity index (χ3n) is 6.26. The summed E-state index contributed by atoms with van der Waals surface area (Å²) in [6.45, 7) is 0. The Morgan fingerprint density at radius 2 is 1.37 bits per heavy atom. The molecule has 0 radical (unpaired) electrons. The van der Waals surface area contributed by atoms with Crippen molar-refractivity contribution >= 4 is 23.0 Å². The summed E-state index contributed by atoms with van der Waals surface area (Å²) in [5, 5.41) is 0. The molecule has 0 N–H and O–H groups in total. The topological polar surface area (TPSA) is 51.1 Å². The van der Waals surface area contributed by atoms with Crippen LogP contribution in [0.25, 0.3) is 0 Å². The summed E-state index contributed by atoms with van der Waals surface area (Å²) in [5.41, 5.74) is 5.10. The molecule has 5 nitrogen and oxygen atoms in total. The van der Waals surface area contributed by atoms with Gasteiger partial charge in [0, 0.05) is 12.0 Å². The highest BCUT2D eigenvalue weighted by Gasteiger charge is 2.33. The van der Waals surface area contributed by atoms with E-state index in [4.69, 9.17) is 14.5 Å². The Labute approximate surface area is 205 Å². The Morgan fingerprint density at radius 1 is 0.771 bits per heavy atom. The SMILES string of the molecule is COc1ccc(C(=O)N2c3ccccc3N=C(c3ccc(OC)cc3)C[C@H]2c2ccccc2)cc1.